The van der Waals surface area contributed by atoms with Gasteiger partial charge in [-0.05, 0) is 72.5 Å². The van der Waals surface area contributed by atoms with Gasteiger partial charge >= 0.3 is 5.97 Å². The molecule has 0 aliphatic carbocycles. The Balaban J connectivity index is 0.000000223. The molecule has 0 atom stereocenters. The second-order valence-corrected chi connectivity index (χ2v) is 7.95. The van der Waals surface area contributed by atoms with E-state index in [0.29, 0.717) is 0 Å². The molecule has 0 amide bonds. The van der Waals surface area contributed by atoms with Gasteiger partial charge in [-0.1, -0.05) is 78.4 Å². The summed E-state index contributed by atoms with van der Waals surface area (Å²) in [4.78, 5) is 11.6. The van der Waals surface area contributed by atoms with E-state index in [9.17, 15) is 9.90 Å². The van der Waals surface area contributed by atoms with Crippen molar-refractivity contribution < 1.29 is 9.90 Å². The van der Waals surface area contributed by atoms with Crippen molar-refractivity contribution in [2.75, 3.05) is 0 Å². The van der Waals surface area contributed by atoms with Gasteiger partial charge in [0.1, 0.15) is 5.41 Å². The highest BCUT2D eigenvalue weighted by molar-refractivity contribution is 14.1. The number of carbonyl (C=O) groups is 1. The molecule has 3 aromatic carbocycles. The van der Waals surface area contributed by atoms with E-state index in [2.05, 4.69) is 55.5 Å². The Kier molecular flexibility index (Phi) is 7.19. The highest BCUT2D eigenvalue weighted by atomic mass is 127. The smallest absolute Gasteiger partial charge is 0.318 e. The van der Waals surface area contributed by atoms with Crippen molar-refractivity contribution in [1.29, 1.82) is 0 Å². The Morgan fingerprint density at radius 1 is 0.815 bits per heavy atom. The molecular weight excluding hydrogens is 447 g/mol. The summed E-state index contributed by atoms with van der Waals surface area (Å²) in [6, 6.07) is 23.0. The molecule has 3 heteroatoms. The van der Waals surface area contributed by atoms with Crippen molar-refractivity contribution in [3.8, 4) is 0 Å². The molecule has 1 N–H and O–H groups in total. The van der Waals surface area contributed by atoms with Crippen LogP contribution in [0.15, 0.2) is 72.8 Å². The van der Waals surface area contributed by atoms with Crippen LogP contribution < -0.4 is 0 Å². The number of carboxylic acid groups (broad SMARTS) is 1. The summed E-state index contributed by atoms with van der Waals surface area (Å²) in [5.41, 5.74) is 4.71. The number of aliphatic carboxylic acids is 1. The van der Waals surface area contributed by atoms with Gasteiger partial charge in [0, 0.05) is 3.57 Å². The summed E-state index contributed by atoms with van der Waals surface area (Å²) < 4.78 is 1.39. The van der Waals surface area contributed by atoms with Gasteiger partial charge in [-0.3, -0.25) is 4.79 Å². The molecular formula is C24H25IO2. The van der Waals surface area contributed by atoms with E-state index >= 15 is 0 Å². The third kappa shape index (κ3) is 4.98. The Labute approximate surface area is 175 Å². The van der Waals surface area contributed by atoms with Gasteiger partial charge in [0.15, 0.2) is 0 Å². The maximum Gasteiger partial charge on any atom is 0.318 e. The Hall–Kier alpha value is -2.14. The van der Waals surface area contributed by atoms with Crippen molar-refractivity contribution in [3.63, 3.8) is 0 Å². The van der Waals surface area contributed by atoms with Gasteiger partial charge in [-0.15, -0.1) is 0 Å². The van der Waals surface area contributed by atoms with Crippen LogP contribution in [0.4, 0.5) is 0 Å². The van der Waals surface area contributed by atoms with Gasteiger partial charge in [-0.2, -0.15) is 0 Å². The molecule has 0 radical (unpaired) electrons. The minimum atomic E-state index is -0.998. The van der Waals surface area contributed by atoms with E-state index in [0.717, 1.165) is 11.1 Å². The van der Waals surface area contributed by atoms with Gasteiger partial charge in [-0.25, -0.2) is 0 Å². The molecule has 0 saturated carbocycles. The summed E-state index contributed by atoms with van der Waals surface area (Å²) in [7, 11) is 0. The number of aryl methyl sites for hydroxylation is 3. The number of rotatable bonds is 3. The van der Waals surface area contributed by atoms with Crippen LogP contribution in [0.2, 0.25) is 0 Å². The van der Waals surface area contributed by atoms with Gasteiger partial charge < -0.3 is 5.11 Å². The summed E-state index contributed by atoms with van der Waals surface area (Å²) in [6.45, 7) is 8.18. The van der Waals surface area contributed by atoms with Crippen LogP contribution in [0.3, 0.4) is 0 Å². The SMILES string of the molecule is CC(C(=O)O)(c1ccccc1)c1ccccc1.Cc1cc(C)c(I)c(C)c1. The molecule has 0 aromatic heterocycles. The molecule has 0 spiro atoms. The average Bonchev–Trinajstić information content (AvgIpc) is 2.67. The summed E-state index contributed by atoms with van der Waals surface area (Å²) in [5, 5.41) is 9.54. The number of halogens is 1. The number of benzene rings is 3. The minimum absolute atomic E-state index is 0.790. The summed E-state index contributed by atoms with van der Waals surface area (Å²) in [6.07, 6.45) is 0. The highest BCUT2D eigenvalue weighted by Gasteiger charge is 2.36. The van der Waals surface area contributed by atoms with Crippen LogP contribution in [-0.4, -0.2) is 11.1 Å². The first-order chi connectivity index (χ1) is 12.8. The molecule has 0 heterocycles. The topological polar surface area (TPSA) is 37.3 Å². The first-order valence-corrected chi connectivity index (χ1v) is 9.92. The van der Waals surface area contributed by atoms with Crippen molar-refractivity contribution in [2.45, 2.75) is 33.1 Å². The fraction of sp³-hybridized carbons (Fsp3) is 0.208. The van der Waals surface area contributed by atoms with Crippen LogP contribution in [0.25, 0.3) is 0 Å². The summed E-state index contributed by atoms with van der Waals surface area (Å²) in [5.74, 6) is -0.838. The normalized spacial score (nSPS) is 10.7. The second-order valence-electron chi connectivity index (χ2n) is 6.87. The van der Waals surface area contributed by atoms with Crippen molar-refractivity contribution in [1.82, 2.24) is 0 Å². The van der Waals surface area contributed by atoms with Crippen LogP contribution in [-0.2, 0) is 10.2 Å². The zero-order chi connectivity index (χ0) is 20.0. The lowest BCUT2D eigenvalue weighted by molar-refractivity contribution is -0.141. The Morgan fingerprint density at radius 2 is 1.19 bits per heavy atom. The standard InChI is InChI=1S/C15H14O2.C9H11I/c1-15(14(16)17,12-8-4-2-5-9-12)13-10-6-3-7-11-13;1-6-4-7(2)9(10)8(3)5-6/h2-11H,1H3,(H,16,17);4-5H,1-3H3. The Bertz CT molecular complexity index is 840. The van der Waals surface area contributed by atoms with Crippen LogP contribution in [0, 0.1) is 24.3 Å². The zero-order valence-corrected chi connectivity index (χ0v) is 18.3. The van der Waals surface area contributed by atoms with Crippen molar-refractivity contribution >= 4 is 28.6 Å². The lowest BCUT2D eigenvalue weighted by Gasteiger charge is -2.25. The van der Waals surface area contributed by atoms with E-state index in [1.165, 1.54) is 20.3 Å². The predicted octanol–water partition coefficient (Wildman–Crippen LogP) is 6.29. The minimum Gasteiger partial charge on any atom is -0.480 e. The lowest BCUT2D eigenvalue weighted by Crippen LogP contribution is -2.33. The van der Waals surface area contributed by atoms with E-state index < -0.39 is 11.4 Å². The molecule has 0 aliphatic heterocycles. The largest absolute Gasteiger partial charge is 0.480 e. The zero-order valence-electron chi connectivity index (χ0n) is 16.2. The number of hydrogen-bond donors (Lipinski definition) is 1. The molecule has 0 bridgehead atoms. The molecule has 3 rings (SSSR count). The maximum atomic E-state index is 11.6. The van der Waals surface area contributed by atoms with E-state index in [-0.39, 0.29) is 0 Å². The van der Waals surface area contributed by atoms with Gasteiger partial charge in [0.25, 0.3) is 0 Å². The quantitative estimate of drug-likeness (QED) is 0.455. The van der Waals surface area contributed by atoms with Crippen molar-refractivity contribution in [3.05, 3.63) is 104 Å². The van der Waals surface area contributed by atoms with Crippen LogP contribution >= 0.6 is 22.6 Å². The van der Waals surface area contributed by atoms with E-state index in [1.807, 2.05) is 60.7 Å². The molecule has 3 aromatic rings. The lowest BCUT2D eigenvalue weighted by atomic mass is 9.76. The van der Waals surface area contributed by atoms with Gasteiger partial charge in [0.2, 0.25) is 0 Å². The molecule has 27 heavy (non-hydrogen) atoms. The summed E-state index contributed by atoms with van der Waals surface area (Å²) >= 11 is 2.39. The van der Waals surface area contributed by atoms with Gasteiger partial charge in [0.05, 0.1) is 0 Å². The fourth-order valence-corrected chi connectivity index (χ4v) is 3.43. The monoisotopic (exact) mass is 472 g/mol. The molecule has 0 saturated heterocycles. The van der Waals surface area contributed by atoms with Crippen LogP contribution in [0.5, 0.6) is 0 Å². The third-order valence-electron chi connectivity index (χ3n) is 4.71. The van der Waals surface area contributed by atoms with E-state index in [4.69, 9.17) is 0 Å². The highest BCUT2D eigenvalue weighted by Crippen LogP contribution is 2.31. The second kappa shape index (κ2) is 9.18. The third-order valence-corrected chi connectivity index (χ3v) is 6.41. The van der Waals surface area contributed by atoms with Crippen molar-refractivity contribution in [2.24, 2.45) is 0 Å². The van der Waals surface area contributed by atoms with Crippen LogP contribution in [0.1, 0.15) is 34.7 Å². The molecule has 2 nitrogen and oxygen atoms in total. The number of hydrogen-bond acceptors (Lipinski definition) is 1. The first kappa shape index (κ1) is 21.2. The molecule has 0 fully saturated rings. The molecule has 0 unspecified atom stereocenters. The Morgan fingerprint density at radius 3 is 1.52 bits per heavy atom. The predicted molar refractivity (Wildman–Crippen MR) is 120 cm³/mol. The molecule has 0 aliphatic rings. The number of carboxylic acids is 1. The maximum absolute atomic E-state index is 11.6. The first-order valence-electron chi connectivity index (χ1n) is 8.84. The van der Waals surface area contributed by atoms with E-state index in [1.54, 1.807) is 6.92 Å². The average molecular weight is 472 g/mol. The fourth-order valence-electron chi connectivity index (χ4n) is 3.12. The molecule has 140 valence electrons.